The monoisotopic (exact) mass is 338 g/mol. The molecule has 2 aromatic heterocycles. The molecule has 0 radical (unpaired) electrons. The summed E-state index contributed by atoms with van der Waals surface area (Å²) in [6.45, 7) is 0. The van der Waals surface area contributed by atoms with Crippen LogP contribution in [0.3, 0.4) is 0 Å². The summed E-state index contributed by atoms with van der Waals surface area (Å²) in [4.78, 5) is 16.3. The van der Waals surface area contributed by atoms with Gasteiger partial charge < -0.3 is 5.11 Å². The Morgan fingerprint density at radius 2 is 1.65 bits per heavy atom. The van der Waals surface area contributed by atoms with E-state index in [1.54, 1.807) is 18.2 Å². The third-order valence-corrected chi connectivity index (χ3v) is 4.70. The number of carbonyl (C=O) groups is 1. The van der Waals surface area contributed by atoms with Crippen molar-refractivity contribution in [3.8, 4) is 11.4 Å². The van der Waals surface area contributed by atoms with Gasteiger partial charge in [0.05, 0.1) is 22.1 Å². The number of aromatic nitrogens is 2. The van der Waals surface area contributed by atoms with Gasteiger partial charge in [-0.25, -0.2) is 9.78 Å². The summed E-state index contributed by atoms with van der Waals surface area (Å²) in [7, 11) is 0. The molecule has 0 bridgehead atoms. The maximum atomic E-state index is 11.4. The molecule has 0 spiro atoms. The normalized spacial score (nSPS) is 11.4. The van der Waals surface area contributed by atoms with E-state index in [4.69, 9.17) is 4.98 Å². The van der Waals surface area contributed by atoms with Crippen LogP contribution >= 0.6 is 0 Å². The van der Waals surface area contributed by atoms with E-state index >= 15 is 0 Å². The van der Waals surface area contributed by atoms with E-state index in [2.05, 4.69) is 28.7 Å². The second-order valence-electron chi connectivity index (χ2n) is 6.26. The Morgan fingerprint density at radius 1 is 0.846 bits per heavy atom. The molecule has 0 saturated carbocycles. The Kier molecular flexibility index (Phi) is 3.06. The number of hydrogen-bond acceptors (Lipinski definition) is 2. The maximum Gasteiger partial charge on any atom is 0.335 e. The second-order valence-corrected chi connectivity index (χ2v) is 6.26. The summed E-state index contributed by atoms with van der Waals surface area (Å²) in [5.74, 6) is -0.204. The summed E-state index contributed by atoms with van der Waals surface area (Å²) in [6, 6.07) is 25.3. The first kappa shape index (κ1) is 14.7. The molecule has 0 aliphatic carbocycles. The molecule has 26 heavy (non-hydrogen) atoms. The molecule has 0 unspecified atom stereocenters. The van der Waals surface area contributed by atoms with Gasteiger partial charge in [-0.3, -0.25) is 4.40 Å². The number of hydrogen-bond donors (Lipinski definition) is 1. The van der Waals surface area contributed by atoms with Gasteiger partial charge in [0, 0.05) is 16.3 Å². The fraction of sp³-hybridized carbons (Fsp3) is 0. The molecule has 5 aromatic rings. The number of benzene rings is 3. The summed E-state index contributed by atoms with van der Waals surface area (Å²) in [6.07, 6.45) is 0. The van der Waals surface area contributed by atoms with Crippen LogP contribution in [0.1, 0.15) is 10.4 Å². The van der Waals surface area contributed by atoms with Gasteiger partial charge in [0.25, 0.3) is 0 Å². The van der Waals surface area contributed by atoms with Crippen molar-refractivity contribution in [1.29, 1.82) is 0 Å². The Labute approximate surface area is 149 Å². The first-order valence-corrected chi connectivity index (χ1v) is 8.35. The minimum atomic E-state index is -0.943. The predicted octanol–water partition coefficient (Wildman–Crippen LogP) is 5.01. The second kappa shape index (κ2) is 5.43. The molecule has 0 aliphatic heterocycles. The van der Waals surface area contributed by atoms with Crippen LogP contribution in [0.4, 0.5) is 0 Å². The van der Waals surface area contributed by atoms with Crippen molar-refractivity contribution >= 4 is 33.3 Å². The Bertz CT molecular complexity index is 1320. The first-order valence-electron chi connectivity index (χ1n) is 8.35. The number of aromatic carboxylic acids is 1. The summed E-state index contributed by atoms with van der Waals surface area (Å²) in [5.41, 5.74) is 4.03. The Balaban J connectivity index is 1.97. The number of carboxylic acid groups (broad SMARTS) is 1. The van der Waals surface area contributed by atoms with Gasteiger partial charge >= 0.3 is 5.97 Å². The van der Waals surface area contributed by atoms with Crippen LogP contribution in [0, 0.1) is 0 Å². The summed E-state index contributed by atoms with van der Waals surface area (Å²) < 4.78 is 2.11. The van der Waals surface area contributed by atoms with E-state index in [0.717, 1.165) is 38.7 Å². The van der Waals surface area contributed by atoms with E-state index < -0.39 is 5.97 Å². The molecule has 0 amide bonds. The zero-order valence-corrected chi connectivity index (χ0v) is 13.8. The third-order valence-electron chi connectivity index (χ3n) is 4.70. The highest BCUT2D eigenvalue weighted by atomic mass is 16.4. The minimum absolute atomic E-state index is 0.252. The lowest BCUT2D eigenvalue weighted by Crippen LogP contribution is -2.00. The van der Waals surface area contributed by atoms with E-state index in [9.17, 15) is 9.90 Å². The largest absolute Gasteiger partial charge is 0.478 e. The number of nitrogens with zero attached hydrogens (tertiary/aromatic N) is 2. The Morgan fingerprint density at radius 3 is 2.54 bits per heavy atom. The standard InChI is InChI=1S/C22H14N2O2/c25-22(26)16-8-5-7-15(12-16)21-23-18-10-3-2-9-17(18)20-13-14-6-1-4-11-19(14)24(20)21/h1-13H,(H,25,26). The van der Waals surface area contributed by atoms with Crippen LogP contribution in [0.15, 0.2) is 78.9 Å². The van der Waals surface area contributed by atoms with Crippen molar-refractivity contribution in [1.82, 2.24) is 9.38 Å². The molecule has 124 valence electrons. The zero-order valence-electron chi connectivity index (χ0n) is 13.8. The fourth-order valence-electron chi connectivity index (χ4n) is 3.52. The molecule has 0 atom stereocenters. The molecule has 0 fully saturated rings. The lowest BCUT2D eigenvalue weighted by Gasteiger charge is -2.10. The smallest absolute Gasteiger partial charge is 0.335 e. The molecule has 1 N–H and O–H groups in total. The average molecular weight is 338 g/mol. The molecule has 3 aromatic carbocycles. The van der Waals surface area contributed by atoms with Gasteiger partial charge in [0.2, 0.25) is 0 Å². The quantitative estimate of drug-likeness (QED) is 0.492. The summed E-state index contributed by atoms with van der Waals surface area (Å²) >= 11 is 0. The topological polar surface area (TPSA) is 54.6 Å². The van der Waals surface area contributed by atoms with E-state index in [1.165, 1.54) is 0 Å². The van der Waals surface area contributed by atoms with Gasteiger partial charge in [0.15, 0.2) is 0 Å². The number of para-hydroxylation sites is 2. The van der Waals surface area contributed by atoms with Crippen LogP contribution < -0.4 is 0 Å². The van der Waals surface area contributed by atoms with Crippen LogP contribution in [0.5, 0.6) is 0 Å². The maximum absolute atomic E-state index is 11.4. The number of rotatable bonds is 2. The van der Waals surface area contributed by atoms with Gasteiger partial charge in [0.1, 0.15) is 5.82 Å². The zero-order chi connectivity index (χ0) is 17.7. The highest BCUT2D eigenvalue weighted by molar-refractivity contribution is 6.02. The van der Waals surface area contributed by atoms with Crippen molar-refractivity contribution in [2.45, 2.75) is 0 Å². The van der Waals surface area contributed by atoms with E-state index in [0.29, 0.717) is 0 Å². The van der Waals surface area contributed by atoms with Crippen molar-refractivity contribution < 1.29 is 9.90 Å². The van der Waals surface area contributed by atoms with Crippen molar-refractivity contribution in [2.24, 2.45) is 0 Å². The average Bonchev–Trinajstić information content (AvgIpc) is 3.07. The van der Waals surface area contributed by atoms with Gasteiger partial charge in [-0.05, 0) is 30.3 Å². The summed E-state index contributed by atoms with van der Waals surface area (Å²) in [5, 5.41) is 11.5. The molecule has 4 heteroatoms. The predicted molar refractivity (Wildman–Crippen MR) is 103 cm³/mol. The van der Waals surface area contributed by atoms with Crippen molar-refractivity contribution in [2.75, 3.05) is 0 Å². The SMILES string of the molecule is O=C(O)c1cccc(-c2nc3ccccc3c3cc4ccccc4n23)c1. The fourth-order valence-corrected chi connectivity index (χ4v) is 3.52. The van der Waals surface area contributed by atoms with Crippen LogP contribution in [0.2, 0.25) is 0 Å². The molecule has 0 saturated heterocycles. The highest BCUT2D eigenvalue weighted by Gasteiger charge is 2.14. The van der Waals surface area contributed by atoms with Crippen LogP contribution in [-0.4, -0.2) is 20.5 Å². The van der Waals surface area contributed by atoms with Gasteiger partial charge in [-0.1, -0.05) is 48.5 Å². The molecule has 4 nitrogen and oxygen atoms in total. The lowest BCUT2D eigenvalue weighted by atomic mass is 10.1. The molecule has 0 aliphatic rings. The Hall–Kier alpha value is -3.66. The van der Waals surface area contributed by atoms with Gasteiger partial charge in [-0.15, -0.1) is 0 Å². The number of fused-ring (bicyclic) bond motifs is 5. The van der Waals surface area contributed by atoms with Crippen molar-refractivity contribution in [3.05, 3.63) is 84.4 Å². The van der Waals surface area contributed by atoms with Crippen molar-refractivity contribution in [3.63, 3.8) is 0 Å². The molecule has 2 heterocycles. The number of carboxylic acids is 1. The third kappa shape index (κ3) is 2.09. The lowest BCUT2D eigenvalue weighted by molar-refractivity contribution is 0.0697. The van der Waals surface area contributed by atoms with E-state index in [1.807, 2.05) is 36.4 Å². The minimum Gasteiger partial charge on any atom is -0.478 e. The van der Waals surface area contributed by atoms with Gasteiger partial charge in [-0.2, -0.15) is 0 Å². The molecular formula is C22H14N2O2. The van der Waals surface area contributed by atoms with Crippen LogP contribution in [0.25, 0.3) is 38.7 Å². The highest BCUT2D eigenvalue weighted by Crippen LogP contribution is 2.31. The van der Waals surface area contributed by atoms with E-state index in [-0.39, 0.29) is 5.56 Å². The molecule has 5 rings (SSSR count). The first-order chi connectivity index (χ1) is 12.7. The molecular weight excluding hydrogens is 324 g/mol. The van der Waals surface area contributed by atoms with Crippen LogP contribution in [-0.2, 0) is 0 Å².